The largest absolute Gasteiger partial charge is 0.411 e. The molecule has 0 spiro atoms. The molecular weight excluding hydrogens is 444 g/mol. The molecule has 0 bridgehead atoms. The molecule has 3 aromatic rings. The van der Waals surface area contributed by atoms with Crippen LogP contribution in [0.4, 0.5) is 14.7 Å². The summed E-state index contributed by atoms with van der Waals surface area (Å²) in [6.07, 6.45) is 0.233. The van der Waals surface area contributed by atoms with Crippen LogP contribution in [0.25, 0.3) is 0 Å². The minimum Gasteiger partial charge on any atom is -0.411 e. The number of anilines is 1. The van der Waals surface area contributed by atoms with Crippen molar-refractivity contribution in [2.75, 3.05) is 19.0 Å². The third-order valence-electron chi connectivity index (χ3n) is 5.72. The van der Waals surface area contributed by atoms with Gasteiger partial charge in [-0.05, 0) is 36.8 Å². The van der Waals surface area contributed by atoms with Crippen molar-refractivity contribution < 1.29 is 18.4 Å². The summed E-state index contributed by atoms with van der Waals surface area (Å²) in [6, 6.07) is 12.0. The number of fused-ring (bicyclic) bond motifs is 1. The number of hydrogen-bond acceptors (Lipinski definition) is 6. The molecule has 0 fully saturated rings. The summed E-state index contributed by atoms with van der Waals surface area (Å²) in [5.74, 6) is -2.57. The van der Waals surface area contributed by atoms with Gasteiger partial charge >= 0.3 is 0 Å². The van der Waals surface area contributed by atoms with Crippen molar-refractivity contribution in [2.45, 2.75) is 25.9 Å². The first-order valence-electron chi connectivity index (χ1n) is 10.5. The second-order valence-electron chi connectivity index (χ2n) is 7.82. The molecule has 1 aliphatic heterocycles. The Kier molecular flexibility index (Phi) is 6.27. The number of carbonyl (C=O) groups excluding carboxylic acids is 1. The quantitative estimate of drug-likeness (QED) is 0.622. The number of nitriles is 1. The minimum absolute atomic E-state index is 0.146. The van der Waals surface area contributed by atoms with Crippen LogP contribution in [-0.2, 0) is 13.0 Å². The van der Waals surface area contributed by atoms with Gasteiger partial charge in [-0.15, -0.1) is 4.73 Å². The molecule has 0 saturated heterocycles. The highest BCUT2D eigenvalue weighted by atomic mass is 19.1. The third-order valence-corrected chi connectivity index (χ3v) is 5.72. The molecule has 1 N–H and O–H groups in total. The first-order chi connectivity index (χ1) is 16.3. The van der Waals surface area contributed by atoms with Gasteiger partial charge in [-0.1, -0.05) is 18.2 Å². The van der Waals surface area contributed by atoms with Gasteiger partial charge in [-0.2, -0.15) is 5.26 Å². The van der Waals surface area contributed by atoms with Crippen molar-refractivity contribution in [2.24, 2.45) is 0 Å². The number of nitrogens with zero attached hydrogens (tertiary/aromatic N) is 4. The van der Waals surface area contributed by atoms with E-state index < -0.39 is 28.7 Å². The average Bonchev–Trinajstić information content (AvgIpc) is 2.84. The fraction of sp³-hybridized carbons (Fsp3) is 0.250. The summed E-state index contributed by atoms with van der Waals surface area (Å²) in [7, 11) is 1.31. The van der Waals surface area contributed by atoms with Gasteiger partial charge in [0, 0.05) is 13.0 Å². The SMILES string of the molecule is COn1c(NC(C)c2ccc(C#N)cc2)nc2c(c1=O)CN(C(=O)c1c(F)cccc1F)CC2. The van der Waals surface area contributed by atoms with Crippen molar-refractivity contribution in [3.63, 3.8) is 0 Å². The molecule has 0 radical (unpaired) electrons. The molecule has 34 heavy (non-hydrogen) atoms. The molecule has 2 aromatic carbocycles. The number of aromatic nitrogens is 2. The summed E-state index contributed by atoms with van der Waals surface area (Å²) in [6.45, 7) is 1.87. The molecule has 174 valence electrons. The van der Waals surface area contributed by atoms with E-state index in [9.17, 15) is 18.4 Å². The smallest absolute Gasteiger partial charge is 0.293 e. The van der Waals surface area contributed by atoms with Crippen LogP contribution in [-0.4, -0.2) is 34.2 Å². The van der Waals surface area contributed by atoms with E-state index in [-0.39, 0.29) is 37.1 Å². The second kappa shape index (κ2) is 9.31. The zero-order chi connectivity index (χ0) is 24.4. The summed E-state index contributed by atoms with van der Waals surface area (Å²) >= 11 is 0. The maximum atomic E-state index is 14.1. The topological polar surface area (TPSA) is 100 Å². The predicted molar refractivity (Wildman–Crippen MR) is 119 cm³/mol. The zero-order valence-corrected chi connectivity index (χ0v) is 18.5. The van der Waals surface area contributed by atoms with Crippen LogP contribution in [0.1, 0.15) is 45.7 Å². The molecule has 1 unspecified atom stereocenters. The van der Waals surface area contributed by atoms with E-state index in [0.29, 0.717) is 11.3 Å². The molecule has 4 rings (SSSR count). The van der Waals surface area contributed by atoms with Gasteiger partial charge in [-0.25, -0.2) is 13.8 Å². The second-order valence-corrected chi connectivity index (χ2v) is 7.82. The number of hydrogen-bond donors (Lipinski definition) is 1. The average molecular weight is 465 g/mol. The standard InChI is InChI=1S/C24H21F2N5O3/c1-14(16-8-6-15(12-27)7-9-16)28-24-29-20-10-11-30(13-17(20)22(32)31(24)34-2)23(33)21-18(25)4-3-5-19(21)26/h3-9,14H,10-11,13H2,1-2H3,(H,28,29). The molecule has 2 heterocycles. The molecule has 1 amide bonds. The van der Waals surface area contributed by atoms with E-state index in [2.05, 4.69) is 16.4 Å². The fourth-order valence-electron chi connectivity index (χ4n) is 3.88. The van der Waals surface area contributed by atoms with Crippen molar-refractivity contribution in [3.8, 4) is 6.07 Å². The third kappa shape index (κ3) is 4.20. The molecule has 1 aromatic heterocycles. The number of carbonyl (C=O) groups is 1. The monoisotopic (exact) mass is 465 g/mol. The number of benzene rings is 2. The van der Waals surface area contributed by atoms with Crippen LogP contribution in [0.15, 0.2) is 47.3 Å². The fourth-order valence-corrected chi connectivity index (χ4v) is 3.88. The summed E-state index contributed by atoms with van der Waals surface area (Å²) < 4.78 is 29.2. The highest BCUT2D eigenvalue weighted by Gasteiger charge is 2.30. The van der Waals surface area contributed by atoms with E-state index in [1.54, 1.807) is 24.3 Å². The van der Waals surface area contributed by atoms with Crippen LogP contribution < -0.4 is 15.7 Å². The van der Waals surface area contributed by atoms with E-state index >= 15 is 0 Å². The van der Waals surface area contributed by atoms with Crippen LogP contribution in [0.5, 0.6) is 0 Å². The summed E-state index contributed by atoms with van der Waals surface area (Å²) in [4.78, 5) is 36.9. The summed E-state index contributed by atoms with van der Waals surface area (Å²) in [5, 5.41) is 12.1. The van der Waals surface area contributed by atoms with Gasteiger partial charge in [0.05, 0.1) is 35.5 Å². The number of amides is 1. The van der Waals surface area contributed by atoms with Crippen LogP contribution in [0, 0.1) is 23.0 Å². The van der Waals surface area contributed by atoms with E-state index in [4.69, 9.17) is 10.1 Å². The zero-order valence-electron chi connectivity index (χ0n) is 18.5. The Hall–Kier alpha value is -4.26. The molecule has 1 atom stereocenters. The molecule has 0 aliphatic carbocycles. The Labute approximate surface area is 194 Å². The predicted octanol–water partition coefficient (Wildman–Crippen LogP) is 2.82. The minimum atomic E-state index is -0.959. The number of rotatable bonds is 5. The van der Waals surface area contributed by atoms with Gasteiger partial charge in [0.15, 0.2) is 0 Å². The Morgan fingerprint density at radius 2 is 1.88 bits per heavy atom. The van der Waals surface area contributed by atoms with Crippen molar-refractivity contribution in [1.82, 2.24) is 14.6 Å². The first-order valence-corrected chi connectivity index (χ1v) is 10.5. The first kappa shape index (κ1) is 22.9. The van der Waals surface area contributed by atoms with Gasteiger partial charge in [0.1, 0.15) is 24.3 Å². The molecule has 10 heteroatoms. The molecular formula is C24H21F2N5O3. The molecule has 1 aliphatic rings. The number of halogens is 2. The van der Waals surface area contributed by atoms with Gasteiger partial charge in [-0.3, -0.25) is 9.59 Å². The normalized spacial score (nSPS) is 13.6. The maximum absolute atomic E-state index is 14.1. The Balaban J connectivity index is 1.62. The van der Waals surface area contributed by atoms with Crippen LogP contribution in [0.3, 0.4) is 0 Å². The lowest BCUT2D eigenvalue weighted by Gasteiger charge is -2.29. The van der Waals surface area contributed by atoms with Crippen LogP contribution >= 0.6 is 0 Å². The van der Waals surface area contributed by atoms with Crippen molar-refractivity contribution >= 4 is 11.9 Å². The lowest BCUT2D eigenvalue weighted by molar-refractivity contribution is 0.0718. The highest BCUT2D eigenvalue weighted by Crippen LogP contribution is 2.23. The summed E-state index contributed by atoms with van der Waals surface area (Å²) in [5.41, 5.74) is 0.929. The van der Waals surface area contributed by atoms with E-state index in [0.717, 1.165) is 22.4 Å². The van der Waals surface area contributed by atoms with E-state index in [1.807, 2.05) is 6.92 Å². The van der Waals surface area contributed by atoms with Gasteiger partial charge < -0.3 is 15.1 Å². The lowest BCUT2D eigenvalue weighted by Crippen LogP contribution is -2.43. The van der Waals surface area contributed by atoms with Gasteiger partial charge in [0.25, 0.3) is 11.5 Å². The number of nitrogens with one attached hydrogen (secondary N) is 1. The maximum Gasteiger partial charge on any atom is 0.293 e. The van der Waals surface area contributed by atoms with Gasteiger partial charge in [0.2, 0.25) is 5.95 Å². The molecule has 8 nitrogen and oxygen atoms in total. The Morgan fingerprint density at radius 1 is 1.21 bits per heavy atom. The van der Waals surface area contributed by atoms with Crippen molar-refractivity contribution in [3.05, 3.63) is 92.4 Å². The van der Waals surface area contributed by atoms with E-state index in [1.165, 1.54) is 18.1 Å². The van der Waals surface area contributed by atoms with Crippen LogP contribution in [0.2, 0.25) is 0 Å². The molecule has 0 saturated carbocycles. The highest BCUT2D eigenvalue weighted by molar-refractivity contribution is 5.94. The Bertz CT molecular complexity index is 1330. The van der Waals surface area contributed by atoms with Crippen molar-refractivity contribution in [1.29, 1.82) is 5.26 Å². The Morgan fingerprint density at radius 3 is 2.50 bits per heavy atom. The lowest BCUT2D eigenvalue weighted by atomic mass is 10.0.